The van der Waals surface area contributed by atoms with Gasteiger partial charge in [0, 0.05) is 17.6 Å². The van der Waals surface area contributed by atoms with Crippen LogP contribution in [0.1, 0.15) is 11.3 Å². The summed E-state index contributed by atoms with van der Waals surface area (Å²) < 4.78 is 13.2. The van der Waals surface area contributed by atoms with Gasteiger partial charge in [0.25, 0.3) is 0 Å². The van der Waals surface area contributed by atoms with Gasteiger partial charge >= 0.3 is 0 Å². The molecule has 0 aliphatic carbocycles. The lowest BCUT2D eigenvalue weighted by atomic mass is 10.1. The molecule has 0 spiro atoms. The summed E-state index contributed by atoms with van der Waals surface area (Å²) in [7, 11) is 0. The molecule has 0 aliphatic rings. The predicted octanol–water partition coefficient (Wildman–Crippen LogP) is 4.29. The molecule has 0 unspecified atom stereocenters. The monoisotopic (exact) mass is 266 g/mol. The number of para-hydroxylation sites is 1. The molecule has 3 heteroatoms. The van der Waals surface area contributed by atoms with Crippen molar-refractivity contribution in [2.75, 3.05) is 5.32 Å². The first-order valence-electron chi connectivity index (χ1n) is 6.57. The van der Waals surface area contributed by atoms with Gasteiger partial charge in [-0.1, -0.05) is 30.3 Å². The molecular formula is C17H15FN2. The second-order valence-electron chi connectivity index (χ2n) is 4.81. The predicted molar refractivity (Wildman–Crippen MR) is 80.2 cm³/mol. The molecule has 0 amide bonds. The maximum Gasteiger partial charge on any atom is 0.123 e. The van der Waals surface area contributed by atoms with Crippen molar-refractivity contribution in [3.05, 3.63) is 71.7 Å². The van der Waals surface area contributed by atoms with E-state index in [-0.39, 0.29) is 5.82 Å². The molecule has 3 aromatic rings. The van der Waals surface area contributed by atoms with E-state index in [0.717, 1.165) is 27.8 Å². The maximum atomic E-state index is 13.2. The lowest BCUT2D eigenvalue weighted by molar-refractivity contribution is 0.626. The number of rotatable bonds is 3. The number of benzene rings is 2. The van der Waals surface area contributed by atoms with E-state index in [9.17, 15) is 4.39 Å². The van der Waals surface area contributed by atoms with Crippen LogP contribution in [0.5, 0.6) is 0 Å². The molecule has 0 saturated heterocycles. The van der Waals surface area contributed by atoms with Gasteiger partial charge in [0.2, 0.25) is 0 Å². The van der Waals surface area contributed by atoms with Gasteiger partial charge < -0.3 is 5.32 Å². The molecule has 0 saturated carbocycles. The second-order valence-corrected chi connectivity index (χ2v) is 4.81. The largest absolute Gasteiger partial charge is 0.379 e. The van der Waals surface area contributed by atoms with Crippen LogP contribution in [0.2, 0.25) is 0 Å². The molecule has 0 radical (unpaired) electrons. The zero-order valence-corrected chi connectivity index (χ0v) is 11.2. The molecule has 0 atom stereocenters. The lowest BCUT2D eigenvalue weighted by Gasteiger charge is -2.10. The van der Waals surface area contributed by atoms with Crippen molar-refractivity contribution >= 4 is 16.6 Å². The zero-order valence-electron chi connectivity index (χ0n) is 11.2. The fraction of sp³-hybridized carbons (Fsp3) is 0.118. The molecule has 1 aromatic heterocycles. The van der Waals surface area contributed by atoms with Gasteiger partial charge in [-0.3, -0.25) is 4.98 Å². The third-order valence-corrected chi connectivity index (χ3v) is 3.23. The third kappa shape index (κ3) is 2.62. The molecule has 0 aliphatic heterocycles. The molecule has 0 bridgehead atoms. The average molecular weight is 266 g/mol. The Bertz CT molecular complexity index is 753. The summed E-state index contributed by atoms with van der Waals surface area (Å²) in [6.45, 7) is 2.55. The summed E-state index contributed by atoms with van der Waals surface area (Å²) >= 11 is 0. The normalized spacial score (nSPS) is 10.7. The Morgan fingerprint density at radius 1 is 1.05 bits per heavy atom. The van der Waals surface area contributed by atoms with Gasteiger partial charge in [0.15, 0.2) is 0 Å². The van der Waals surface area contributed by atoms with Crippen LogP contribution in [-0.4, -0.2) is 4.98 Å². The van der Waals surface area contributed by atoms with Crippen molar-refractivity contribution in [2.24, 2.45) is 0 Å². The molecule has 2 nitrogen and oxygen atoms in total. The number of hydrogen-bond acceptors (Lipinski definition) is 2. The van der Waals surface area contributed by atoms with Crippen molar-refractivity contribution in [2.45, 2.75) is 13.5 Å². The number of aryl methyl sites for hydroxylation is 1. The summed E-state index contributed by atoms with van der Waals surface area (Å²) in [6, 6.07) is 16.7. The molecule has 20 heavy (non-hydrogen) atoms. The Hall–Kier alpha value is -2.42. The summed E-state index contributed by atoms with van der Waals surface area (Å²) in [5, 5.41) is 4.43. The Kier molecular flexibility index (Phi) is 3.33. The van der Waals surface area contributed by atoms with E-state index < -0.39 is 0 Å². The van der Waals surface area contributed by atoms with Gasteiger partial charge in [0.05, 0.1) is 11.2 Å². The van der Waals surface area contributed by atoms with E-state index in [1.54, 1.807) is 6.07 Å². The van der Waals surface area contributed by atoms with E-state index in [4.69, 9.17) is 0 Å². The maximum absolute atomic E-state index is 13.2. The van der Waals surface area contributed by atoms with Gasteiger partial charge in [-0.15, -0.1) is 0 Å². The first kappa shape index (κ1) is 12.6. The fourth-order valence-corrected chi connectivity index (χ4v) is 2.23. The minimum atomic E-state index is -0.212. The Balaban J connectivity index is 1.89. The van der Waals surface area contributed by atoms with Crippen molar-refractivity contribution in [3.63, 3.8) is 0 Å². The number of halogens is 1. The van der Waals surface area contributed by atoms with Crippen molar-refractivity contribution in [1.82, 2.24) is 4.98 Å². The highest BCUT2D eigenvalue weighted by Gasteiger charge is 2.03. The SMILES string of the molecule is Cc1ccc2cccc(NCc3cccc(F)c3)c2n1. The van der Waals surface area contributed by atoms with Crippen molar-refractivity contribution in [1.29, 1.82) is 0 Å². The van der Waals surface area contributed by atoms with E-state index in [0.29, 0.717) is 6.54 Å². The fourth-order valence-electron chi connectivity index (χ4n) is 2.23. The second kappa shape index (κ2) is 5.29. The molecule has 1 N–H and O–H groups in total. The number of hydrogen-bond donors (Lipinski definition) is 1. The number of fused-ring (bicyclic) bond motifs is 1. The Labute approximate surface area is 117 Å². The van der Waals surface area contributed by atoms with E-state index in [2.05, 4.69) is 16.4 Å². The average Bonchev–Trinajstić information content (AvgIpc) is 2.45. The van der Waals surface area contributed by atoms with Gasteiger partial charge in [-0.25, -0.2) is 4.39 Å². The molecule has 0 fully saturated rings. The number of anilines is 1. The van der Waals surface area contributed by atoms with Gasteiger partial charge in [-0.2, -0.15) is 0 Å². The molecule has 1 heterocycles. The molecule has 100 valence electrons. The highest BCUT2D eigenvalue weighted by Crippen LogP contribution is 2.22. The smallest absolute Gasteiger partial charge is 0.123 e. The summed E-state index contributed by atoms with van der Waals surface area (Å²) in [5.74, 6) is -0.212. The number of nitrogens with zero attached hydrogens (tertiary/aromatic N) is 1. The van der Waals surface area contributed by atoms with Crippen LogP contribution in [-0.2, 0) is 6.54 Å². The van der Waals surface area contributed by atoms with E-state index >= 15 is 0 Å². The number of pyridine rings is 1. The molecular weight excluding hydrogens is 251 g/mol. The van der Waals surface area contributed by atoms with Crippen LogP contribution < -0.4 is 5.32 Å². The van der Waals surface area contributed by atoms with Crippen LogP contribution in [0.15, 0.2) is 54.6 Å². The third-order valence-electron chi connectivity index (χ3n) is 3.23. The number of aromatic nitrogens is 1. The quantitative estimate of drug-likeness (QED) is 0.764. The van der Waals surface area contributed by atoms with Gasteiger partial charge in [-0.05, 0) is 36.8 Å². The van der Waals surface area contributed by atoms with Crippen LogP contribution in [0.3, 0.4) is 0 Å². The zero-order chi connectivity index (χ0) is 13.9. The Morgan fingerprint density at radius 2 is 1.90 bits per heavy atom. The summed E-state index contributed by atoms with van der Waals surface area (Å²) in [5.41, 5.74) is 3.81. The molecule has 3 rings (SSSR count). The van der Waals surface area contributed by atoms with Gasteiger partial charge in [0.1, 0.15) is 5.82 Å². The first-order chi connectivity index (χ1) is 9.72. The Morgan fingerprint density at radius 3 is 2.75 bits per heavy atom. The highest BCUT2D eigenvalue weighted by molar-refractivity contribution is 5.90. The first-order valence-corrected chi connectivity index (χ1v) is 6.57. The van der Waals surface area contributed by atoms with E-state index in [1.165, 1.54) is 12.1 Å². The lowest BCUT2D eigenvalue weighted by Crippen LogP contribution is -2.01. The van der Waals surface area contributed by atoms with Crippen molar-refractivity contribution < 1.29 is 4.39 Å². The van der Waals surface area contributed by atoms with E-state index in [1.807, 2.05) is 37.3 Å². The molecule has 2 aromatic carbocycles. The van der Waals surface area contributed by atoms with Crippen LogP contribution >= 0.6 is 0 Å². The number of nitrogens with one attached hydrogen (secondary N) is 1. The summed E-state index contributed by atoms with van der Waals surface area (Å²) in [6.07, 6.45) is 0. The van der Waals surface area contributed by atoms with Crippen LogP contribution in [0, 0.1) is 12.7 Å². The van der Waals surface area contributed by atoms with Crippen LogP contribution in [0.25, 0.3) is 10.9 Å². The minimum Gasteiger partial charge on any atom is -0.379 e. The standard InChI is InChI=1S/C17H15FN2/c1-12-8-9-14-5-3-7-16(17(14)20-12)19-11-13-4-2-6-15(18)10-13/h2-10,19H,11H2,1H3. The van der Waals surface area contributed by atoms with Crippen molar-refractivity contribution in [3.8, 4) is 0 Å². The van der Waals surface area contributed by atoms with Crippen LogP contribution in [0.4, 0.5) is 10.1 Å². The minimum absolute atomic E-state index is 0.212. The topological polar surface area (TPSA) is 24.9 Å². The highest BCUT2D eigenvalue weighted by atomic mass is 19.1. The summed E-state index contributed by atoms with van der Waals surface area (Å²) in [4.78, 5) is 4.57.